The summed E-state index contributed by atoms with van der Waals surface area (Å²) in [6, 6.07) is 15.4. The highest BCUT2D eigenvalue weighted by molar-refractivity contribution is 6.30. The molecule has 0 aliphatic heterocycles. The van der Waals surface area contributed by atoms with Crippen molar-refractivity contribution in [1.82, 2.24) is 0 Å². The summed E-state index contributed by atoms with van der Waals surface area (Å²) in [5, 5.41) is 3.46. The van der Waals surface area contributed by atoms with Gasteiger partial charge in [0, 0.05) is 17.1 Å². The molecule has 2 aromatic carbocycles. The molecule has 2 rings (SSSR count). The minimum Gasteiger partial charge on any atom is -0.326 e. The van der Waals surface area contributed by atoms with Crippen LogP contribution in [0, 0.1) is 6.92 Å². The number of amides is 1. The number of aryl methyl sites for hydroxylation is 2. The largest absolute Gasteiger partial charge is 0.326 e. The Bertz CT molecular complexity index is 563. The minimum absolute atomic E-state index is 0.00263. The van der Waals surface area contributed by atoms with E-state index in [1.165, 1.54) is 11.1 Å². The summed E-state index contributed by atoms with van der Waals surface area (Å²) in [5.41, 5.74) is 3.14. The second kappa shape index (κ2) is 6.39. The molecule has 0 aliphatic rings. The van der Waals surface area contributed by atoms with Crippen molar-refractivity contribution in [3.8, 4) is 0 Å². The molecule has 0 radical (unpaired) electrons. The zero-order chi connectivity index (χ0) is 13.7. The van der Waals surface area contributed by atoms with Crippen molar-refractivity contribution in [1.29, 1.82) is 0 Å². The number of hydrogen-bond donors (Lipinski definition) is 1. The topological polar surface area (TPSA) is 29.1 Å². The van der Waals surface area contributed by atoms with Crippen LogP contribution in [-0.4, -0.2) is 5.91 Å². The van der Waals surface area contributed by atoms with E-state index in [9.17, 15) is 4.79 Å². The Hall–Kier alpha value is -1.80. The SMILES string of the molecule is Cc1ccc(CCC(=O)Nc2cccc(Cl)c2)cc1. The van der Waals surface area contributed by atoms with Gasteiger partial charge in [-0.15, -0.1) is 0 Å². The van der Waals surface area contributed by atoms with E-state index in [0.717, 1.165) is 12.1 Å². The highest BCUT2D eigenvalue weighted by Gasteiger charge is 2.03. The molecular weight excluding hydrogens is 258 g/mol. The van der Waals surface area contributed by atoms with E-state index in [1.54, 1.807) is 12.1 Å². The molecule has 98 valence electrons. The average Bonchev–Trinajstić information content (AvgIpc) is 2.38. The maximum Gasteiger partial charge on any atom is 0.224 e. The van der Waals surface area contributed by atoms with Gasteiger partial charge in [0.2, 0.25) is 5.91 Å². The van der Waals surface area contributed by atoms with Gasteiger partial charge < -0.3 is 5.32 Å². The van der Waals surface area contributed by atoms with Crippen LogP contribution in [-0.2, 0) is 11.2 Å². The fourth-order valence-corrected chi connectivity index (χ4v) is 1.99. The van der Waals surface area contributed by atoms with Gasteiger partial charge >= 0.3 is 0 Å². The molecule has 2 nitrogen and oxygen atoms in total. The van der Waals surface area contributed by atoms with E-state index < -0.39 is 0 Å². The molecule has 2 aromatic rings. The van der Waals surface area contributed by atoms with Gasteiger partial charge in [0.25, 0.3) is 0 Å². The maximum absolute atomic E-state index is 11.8. The average molecular weight is 274 g/mol. The van der Waals surface area contributed by atoms with Crippen LogP contribution in [0.3, 0.4) is 0 Å². The van der Waals surface area contributed by atoms with Gasteiger partial charge in [0.05, 0.1) is 0 Å². The van der Waals surface area contributed by atoms with Crippen LogP contribution >= 0.6 is 11.6 Å². The van der Waals surface area contributed by atoms with Crippen molar-refractivity contribution in [2.24, 2.45) is 0 Å². The first kappa shape index (κ1) is 13.6. The summed E-state index contributed by atoms with van der Waals surface area (Å²) in [6.45, 7) is 2.05. The zero-order valence-corrected chi connectivity index (χ0v) is 11.6. The molecule has 0 unspecified atom stereocenters. The third-order valence-electron chi connectivity index (χ3n) is 2.87. The number of halogens is 1. The lowest BCUT2D eigenvalue weighted by molar-refractivity contribution is -0.116. The summed E-state index contributed by atoms with van der Waals surface area (Å²) >= 11 is 5.86. The van der Waals surface area contributed by atoms with E-state index in [-0.39, 0.29) is 5.91 Å². The third kappa shape index (κ3) is 4.42. The summed E-state index contributed by atoms with van der Waals surface area (Å²) in [5.74, 6) is 0.00263. The molecule has 0 aliphatic carbocycles. The van der Waals surface area contributed by atoms with Crippen LogP contribution in [0.25, 0.3) is 0 Å². The van der Waals surface area contributed by atoms with E-state index >= 15 is 0 Å². The van der Waals surface area contributed by atoms with Gasteiger partial charge in [-0.25, -0.2) is 0 Å². The predicted octanol–water partition coefficient (Wildman–Crippen LogP) is 4.22. The second-order valence-corrected chi connectivity index (χ2v) is 4.98. The zero-order valence-electron chi connectivity index (χ0n) is 10.8. The normalized spacial score (nSPS) is 10.2. The molecular formula is C16H16ClNO. The fourth-order valence-electron chi connectivity index (χ4n) is 1.80. The number of carbonyl (C=O) groups is 1. The van der Waals surface area contributed by atoms with Gasteiger partial charge in [-0.2, -0.15) is 0 Å². The predicted molar refractivity (Wildman–Crippen MR) is 79.6 cm³/mol. The lowest BCUT2D eigenvalue weighted by atomic mass is 10.1. The Balaban J connectivity index is 1.86. The number of rotatable bonds is 4. The van der Waals surface area contributed by atoms with Gasteiger partial charge in [-0.05, 0) is 37.1 Å². The van der Waals surface area contributed by atoms with E-state index in [0.29, 0.717) is 11.4 Å². The Labute approximate surface area is 118 Å². The number of benzene rings is 2. The van der Waals surface area contributed by atoms with Gasteiger partial charge in [0.15, 0.2) is 0 Å². The van der Waals surface area contributed by atoms with E-state index in [4.69, 9.17) is 11.6 Å². The number of hydrogen-bond acceptors (Lipinski definition) is 1. The Morgan fingerprint density at radius 2 is 1.89 bits per heavy atom. The van der Waals surface area contributed by atoms with E-state index in [1.807, 2.05) is 12.1 Å². The van der Waals surface area contributed by atoms with Gasteiger partial charge in [0.1, 0.15) is 0 Å². The van der Waals surface area contributed by atoms with Crippen LogP contribution in [0.2, 0.25) is 5.02 Å². The second-order valence-electron chi connectivity index (χ2n) is 4.54. The highest BCUT2D eigenvalue weighted by Crippen LogP contribution is 2.15. The highest BCUT2D eigenvalue weighted by atomic mass is 35.5. The van der Waals surface area contributed by atoms with Crippen LogP contribution in [0.1, 0.15) is 17.5 Å². The summed E-state index contributed by atoms with van der Waals surface area (Å²) in [4.78, 5) is 11.8. The molecule has 1 amide bonds. The van der Waals surface area contributed by atoms with Gasteiger partial charge in [-0.3, -0.25) is 4.79 Å². The lowest BCUT2D eigenvalue weighted by Crippen LogP contribution is -2.12. The molecule has 0 saturated heterocycles. The summed E-state index contributed by atoms with van der Waals surface area (Å²) in [7, 11) is 0. The number of carbonyl (C=O) groups excluding carboxylic acids is 1. The van der Waals surface area contributed by atoms with Crippen molar-refractivity contribution >= 4 is 23.2 Å². The van der Waals surface area contributed by atoms with E-state index in [2.05, 4.69) is 36.5 Å². The molecule has 0 atom stereocenters. The molecule has 0 bridgehead atoms. The van der Waals surface area contributed by atoms with Crippen LogP contribution in [0.15, 0.2) is 48.5 Å². The molecule has 3 heteroatoms. The molecule has 0 aromatic heterocycles. The fraction of sp³-hybridized carbons (Fsp3) is 0.188. The summed E-state index contributed by atoms with van der Waals surface area (Å²) < 4.78 is 0. The van der Waals surface area contributed by atoms with Crippen molar-refractivity contribution in [3.05, 3.63) is 64.7 Å². The molecule has 0 fully saturated rings. The first-order chi connectivity index (χ1) is 9.13. The van der Waals surface area contributed by atoms with Gasteiger partial charge in [-0.1, -0.05) is 47.5 Å². The molecule has 0 spiro atoms. The van der Waals surface area contributed by atoms with Crippen molar-refractivity contribution < 1.29 is 4.79 Å². The monoisotopic (exact) mass is 273 g/mol. The standard InChI is InChI=1S/C16H16ClNO/c1-12-5-7-13(8-6-12)9-10-16(19)18-15-4-2-3-14(17)11-15/h2-8,11H,9-10H2,1H3,(H,18,19). The number of nitrogens with one attached hydrogen (secondary N) is 1. The van der Waals surface area contributed by atoms with Crippen LogP contribution in [0.5, 0.6) is 0 Å². The Morgan fingerprint density at radius 1 is 1.16 bits per heavy atom. The first-order valence-electron chi connectivity index (χ1n) is 6.24. The maximum atomic E-state index is 11.8. The Morgan fingerprint density at radius 3 is 2.58 bits per heavy atom. The van der Waals surface area contributed by atoms with Crippen molar-refractivity contribution in [2.75, 3.05) is 5.32 Å². The lowest BCUT2D eigenvalue weighted by Gasteiger charge is -2.06. The minimum atomic E-state index is 0.00263. The van der Waals surface area contributed by atoms with Crippen LogP contribution < -0.4 is 5.32 Å². The molecule has 19 heavy (non-hydrogen) atoms. The Kier molecular flexibility index (Phi) is 4.58. The van der Waals surface area contributed by atoms with Crippen molar-refractivity contribution in [3.63, 3.8) is 0 Å². The summed E-state index contributed by atoms with van der Waals surface area (Å²) in [6.07, 6.45) is 1.21. The number of anilines is 1. The van der Waals surface area contributed by atoms with Crippen LogP contribution in [0.4, 0.5) is 5.69 Å². The molecule has 1 N–H and O–H groups in total. The molecule has 0 heterocycles. The third-order valence-corrected chi connectivity index (χ3v) is 3.10. The quantitative estimate of drug-likeness (QED) is 0.888. The smallest absolute Gasteiger partial charge is 0.224 e. The van der Waals surface area contributed by atoms with Crippen molar-refractivity contribution in [2.45, 2.75) is 19.8 Å². The first-order valence-corrected chi connectivity index (χ1v) is 6.62. The molecule has 0 saturated carbocycles.